The first-order valence-electron chi connectivity index (χ1n) is 13.3. The van der Waals surface area contributed by atoms with Gasteiger partial charge in [-0.15, -0.1) is 0 Å². The quantitative estimate of drug-likeness (QED) is 0.108. The van der Waals surface area contributed by atoms with Crippen molar-refractivity contribution in [2.75, 3.05) is 51.5 Å². The number of esters is 1. The highest BCUT2D eigenvalue weighted by Gasteiger charge is 2.37. The van der Waals surface area contributed by atoms with Crippen molar-refractivity contribution < 1.29 is 29.2 Å². The molecular weight excluding hydrogens is 536 g/mol. The van der Waals surface area contributed by atoms with Crippen molar-refractivity contribution in [1.82, 2.24) is 4.90 Å². The molecule has 0 aliphatic carbocycles. The van der Waals surface area contributed by atoms with Gasteiger partial charge in [0.2, 0.25) is 0 Å². The van der Waals surface area contributed by atoms with Gasteiger partial charge in [-0.2, -0.15) is 0 Å². The van der Waals surface area contributed by atoms with Crippen LogP contribution in [-0.4, -0.2) is 85.4 Å². The number of rotatable bonds is 9. The lowest BCUT2D eigenvalue weighted by Crippen LogP contribution is -2.49. The molecule has 1 aromatic rings. The smallest absolute Gasteiger partial charge is 0.305 e. The van der Waals surface area contributed by atoms with Gasteiger partial charge in [0.25, 0.3) is 0 Å². The van der Waals surface area contributed by atoms with E-state index in [0.29, 0.717) is 54.7 Å². The topological polar surface area (TPSA) is 139 Å². The fourth-order valence-electron chi connectivity index (χ4n) is 4.52. The van der Waals surface area contributed by atoms with E-state index in [9.17, 15) is 9.90 Å². The number of carbonyl (C=O) groups excluding carboxylic acids is 1. The second-order valence-electron chi connectivity index (χ2n) is 8.95. The summed E-state index contributed by atoms with van der Waals surface area (Å²) < 4.78 is 17.1. The second-order valence-corrected chi connectivity index (χ2v) is 9.38. The summed E-state index contributed by atoms with van der Waals surface area (Å²) in [5.41, 5.74) is 1.65. The van der Waals surface area contributed by atoms with Crippen LogP contribution in [0, 0.1) is 10.8 Å². The van der Waals surface area contributed by atoms with Crippen LogP contribution >= 0.6 is 11.6 Å². The Morgan fingerprint density at radius 1 is 1.20 bits per heavy atom. The number of nitrogens with one attached hydrogen (secondary N) is 2. The number of aliphatic hydroxyl groups is 2. The summed E-state index contributed by atoms with van der Waals surface area (Å²) in [6, 6.07) is 5.22. The standard InChI is InChI=1S/C28H37ClN4O5.CH4O/c1-4-7-20(23(34)8-5-2)27-21-17-19(29)9-10-22(21)33(25(30)18-32-13-15-36-16-14-32)28(31)24(38-27)11-12-26(35)37-6-3;1-2/h4-5,7-10,17,24,27,30-31,34H,6,11-16,18H2,1-3H3;2H,1H3/b7-4-,8-5-,23-20-,30-25?,31-28?;. The van der Waals surface area contributed by atoms with Gasteiger partial charge in [-0.05, 0) is 51.5 Å². The van der Waals surface area contributed by atoms with E-state index in [1.807, 2.05) is 6.92 Å². The summed E-state index contributed by atoms with van der Waals surface area (Å²) in [4.78, 5) is 15.9. The van der Waals surface area contributed by atoms with E-state index in [1.54, 1.807) is 61.3 Å². The zero-order chi connectivity index (χ0) is 29.7. The molecule has 1 fully saturated rings. The van der Waals surface area contributed by atoms with Crippen molar-refractivity contribution in [2.24, 2.45) is 0 Å². The number of carbonyl (C=O) groups is 1. The zero-order valence-electron chi connectivity index (χ0n) is 23.7. The molecule has 10 nitrogen and oxygen atoms in total. The van der Waals surface area contributed by atoms with Crippen LogP contribution in [0.2, 0.25) is 5.02 Å². The first-order valence-corrected chi connectivity index (χ1v) is 13.7. The maximum absolute atomic E-state index is 12.2. The van der Waals surface area contributed by atoms with E-state index >= 15 is 0 Å². The third-order valence-corrected chi connectivity index (χ3v) is 6.51. The molecule has 0 radical (unpaired) electrons. The molecule has 3 rings (SSSR count). The highest BCUT2D eigenvalue weighted by molar-refractivity contribution is 6.31. The molecule has 0 spiro atoms. The number of halogens is 1. The van der Waals surface area contributed by atoms with Crippen molar-refractivity contribution in [3.63, 3.8) is 0 Å². The second kappa shape index (κ2) is 16.9. The number of amidine groups is 2. The van der Waals surface area contributed by atoms with Gasteiger partial charge in [-0.3, -0.25) is 25.4 Å². The number of hydrogen-bond donors (Lipinski definition) is 4. The molecule has 11 heteroatoms. The van der Waals surface area contributed by atoms with Gasteiger partial charge < -0.3 is 24.4 Å². The summed E-state index contributed by atoms with van der Waals surface area (Å²) in [6.07, 6.45) is 5.38. The molecule has 1 saturated heterocycles. The van der Waals surface area contributed by atoms with Crippen molar-refractivity contribution in [3.05, 3.63) is 64.4 Å². The largest absolute Gasteiger partial charge is 0.508 e. The van der Waals surface area contributed by atoms with E-state index in [4.69, 9.17) is 41.7 Å². The maximum atomic E-state index is 12.2. The number of benzene rings is 1. The van der Waals surface area contributed by atoms with Crippen molar-refractivity contribution in [1.29, 1.82) is 10.8 Å². The first-order chi connectivity index (χ1) is 19.3. The molecule has 1 aromatic carbocycles. The summed E-state index contributed by atoms with van der Waals surface area (Å²) in [7, 11) is 1.00. The summed E-state index contributed by atoms with van der Waals surface area (Å²) in [5, 5.41) is 36.6. The minimum absolute atomic E-state index is 0.00837. The lowest BCUT2D eigenvalue weighted by molar-refractivity contribution is -0.143. The van der Waals surface area contributed by atoms with Crippen LogP contribution in [0.5, 0.6) is 0 Å². The minimum Gasteiger partial charge on any atom is -0.508 e. The Hall–Kier alpha value is -3.02. The third-order valence-electron chi connectivity index (χ3n) is 6.27. The average Bonchev–Trinajstić information content (AvgIpc) is 3.06. The molecule has 2 unspecified atom stereocenters. The van der Waals surface area contributed by atoms with E-state index in [1.165, 1.54) is 0 Å². The average molecular weight is 577 g/mol. The highest BCUT2D eigenvalue weighted by Crippen LogP contribution is 2.41. The van der Waals surface area contributed by atoms with Gasteiger partial charge >= 0.3 is 5.97 Å². The Kier molecular flexibility index (Phi) is 14.1. The Balaban J connectivity index is 0.00000274. The van der Waals surface area contributed by atoms with Crippen LogP contribution < -0.4 is 4.90 Å². The van der Waals surface area contributed by atoms with Crippen molar-refractivity contribution in [2.45, 2.75) is 45.8 Å². The van der Waals surface area contributed by atoms with Crippen LogP contribution in [0.4, 0.5) is 5.69 Å². The maximum Gasteiger partial charge on any atom is 0.305 e. The number of hydrogen-bond acceptors (Lipinski definition) is 9. The number of morpholine rings is 1. The fraction of sp³-hybridized carbons (Fsp3) is 0.483. The molecule has 40 heavy (non-hydrogen) atoms. The number of nitrogens with zero attached hydrogens (tertiary/aromatic N) is 2. The van der Waals surface area contributed by atoms with Gasteiger partial charge in [0, 0.05) is 42.8 Å². The van der Waals surface area contributed by atoms with Crippen LogP contribution in [0.1, 0.15) is 45.3 Å². The van der Waals surface area contributed by atoms with Gasteiger partial charge in [0.15, 0.2) is 0 Å². The molecule has 2 aliphatic rings. The minimum atomic E-state index is -0.862. The molecule has 0 aromatic heterocycles. The van der Waals surface area contributed by atoms with E-state index in [-0.39, 0.29) is 42.8 Å². The monoisotopic (exact) mass is 576 g/mol. The van der Waals surface area contributed by atoms with Crippen LogP contribution in [0.15, 0.2) is 53.8 Å². The molecule has 4 N–H and O–H groups in total. The highest BCUT2D eigenvalue weighted by atomic mass is 35.5. The molecule has 0 saturated carbocycles. The van der Waals surface area contributed by atoms with Crippen LogP contribution in [0.3, 0.4) is 0 Å². The van der Waals surface area contributed by atoms with E-state index < -0.39 is 12.2 Å². The Morgan fingerprint density at radius 2 is 1.88 bits per heavy atom. The molecule has 0 amide bonds. The number of ether oxygens (including phenoxy) is 3. The SMILES string of the molecule is CO.C\C=C/C(O)=C(\C=C/C)C1OC(CCC(=O)OCC)C(=N)N(C(=N)CN2CCOCC2)c2ccc(Cl)cc21. The molecule has 2 aliphatic heterocycles. The molecule has 220 valence electrons. The van der Waals surface area contributed by atoms with Gasteiger partial charge in [-0.1, -0.05) is 29.8 Å². The predicted molar refractivity (Wildman–Crippen MR) is 158 cm³/mol. The number of fused-ring (bicyclic) bond motifs is 1. The lowest BCUT2D eigenvalue weighted by Gasteiger charge is -2.32. The Morgan fingerprint density at radius 3 is 2.50 bits per heavy atom. The number of anilines is 1. The fourth-order valence-corrected chi connectivity index (χ4v) is 4.70. The first kappa shape index (κ1) is 33.2. The Bertz CT molecular complexity index is 1110. The number of allylic oxidation sites excluding steroid dienone is 3. The van der Waals surface area contributed by atoms with Gasteiger partial charge in [0.05, 0.1) is 32.1 Å². The number of aliphatic hydroxyl groups excluding tert-OH is 2. The molecular formula is C29H41ClN4O6. The van der Waals surface area contributed by atoms with Crippen LogP contribution in [0.25, 0.3) is 0 Å². The summed E-state index contributed by atoms with van der Waals surface area (Å²) >= 11 is 6.44. The predicted octanol–water partition coefficient (Wildman–Crippen LogP) is 4.79. The Labute approximate surface area is 241 Å². The van der Waals surface area contributed by atoms with Crippen molar-refractivity contribution in [3.8, 4) is 0 Å². The zero-order valence-corrected chi connectivity index (χ0v) is 24.4. The normalized spacial score (nSPS) is 20.4. The van der Waals surface area contributed by atoms with E-state index in [2.05, 4.69) is 4.90 Å². The molecule has 0 bridgehead atoms. The van der Waals surface area contributed by atoms with Gasteiger partial charge in [0.1, 0.15) is 29.6 Å². The third kappa shape index (κ3) is 8.74. The van der Waals surface area contributed by atoms with Gasteiger partial charge in [-0.25, -0.2) is 0 Å². The summed E-state index contributed by atoms with van der Waals surface area (Å²) in [6.45, 7) is 8.50. The lowest BCUT2D eigenvalue weighted by atomic mass is 9.97. The molecule has 2 atom stereocenters. The van der Waals surface area contributed by atoms with Crippen LogP contribution in [-0.2, 0) is 19.0 Å². The summed E-state index contributed by atoms with van der Waals surface area (Å²) in [5.74, 6) is -0.153. The van der Waals surface area contributed by atoms with Crippen molar-refractivity contribution >= 4 is 34.9 Å². The van der Waals surface area contributed by atoms with E-state index in [0.717, 1.165) is 7.11 Å². The molecule has 2 heterocycles.